The molecule has 184 valence electrons. The fraction of sp³-hybridized carbons (Fsp3) is 0.143. The summed E-state index contributed by atoms with van der Waals surface area (Å²) in [4.78, 5) is 30.2. The molecule has 0 spiro atoms. The van der Waals surface area contributed by atoms with Gasteiger partial charge in [-0.15, -0.1) is 0 Å². The molecular weight excluding hydrogens is 510 g/mol. The van der Waals surface area contributed by atoms with Gasteiger partial charge in [0, 0.05) is 11.6 Å². The lowest BCUT2D eigenvalue weighted by molar-refractivity contribution is -0.384. The maximum Gasteiger partial charge on any atom is 0.288 e. The Morgan fingerprint density at radius 3 is 2.68 bits per heavy atom. The van der Waals surface area contributed by atoms with Crippen molar-refractivity contribution in [1.29, 1.82) is 0 Å². The predicted octanol–water partition coefficient (Wildman–Crippen LogP) is 4.89. The Hall–Kier alpha value is -4.01. The predicted molar refractivity (Wildman–Crippen MR) is 144 cm³/mol. The number of aromatic nitrogens is 1. The highest BCUT2D eigenvalue weighted by atomic mass is 35.5. The zero-order chi connectivity index (χ0) is 25.7. The molecule has 0 amide bonds. The Bertz CT molecular complexity index is 1790. The summed E-state index contributed by atoms with van der Waals surface area (Å²) in [6.07, 6.45) is 3.32. The van der Waals surface area contributed by atoms with E-state index in [1.807, 2.05) is 36.4 Å². The average Bonchev–Trinajstić information content (AvgIpc) is 3.22. The van der Waals surface area contributed by atoms with E-state index >= 15 is 0 Å². The van der Waals surface area contributed by atoms with Gasteiger partial charge in [-0.3, -0.25) is 19.5 Å². The van der Waals surface area contributed by atoms with E-state index < -0.39 is 4.92 Å². The van der Waals surface area contributed by atoms with Crippen molar-refractivity contribution < 1.29 is 9.66 Å². The zero-order valence-electron chi connectivity index (χ0n) is 19.7. The topological polar surface area (TPSA) is 86.7 Å². The van der Waals surface area contributed by atoms with Crippen molar-refractivity contribution in [3.8, 4) is 5.75 Å². The third-order valence-corrected chi connectivity index (χ3v) is 8.07. The van der Waals surface area contributed by atoms with Gasteiger partial charge in [-0.05, 0) is 59.4 Å². The Morgan fingerprint density at radius 1 is 1.14 bits per heavy atom. The van der Waals surface area contributed by atoms with Crippen LogP contribution in [0.2, 0.25) is 5.02 Å². The number of nitrogens with zero attached hydrogens (tertiary/aromatic N) is 3. The SMILES string of the molecule is COc1ccc(C2C3=C(N=c4sc(=Cc5ccc(Cl)c([N+](=O)[O-])c5)c(=O)n42)c2ccccc2CC3)cc1. The van der Waals surface area contributed by atoms with E-state index in [4.69, 9.17) is 21.3 Å². The highest BCUT2D eigenvalue weighted by Gasteiger charge is 2.32. The van der Waals surface area contributed by atoms with Crippen LogP contribution in [0.15, 0.2) is 82.1 Å². The van der Waals surface area contributed by atoms with Crippen molar-refractivity contribution in [2.24, 2.45) is 4.99 Å². The van der Waals surface area contributed by atoms with Gasteiger partial charge >= 0.3 is 0 Å². The molecule has 4 aromatic rings. The quantitative estimate of drug-likeness (QED) is 0.278. The molecule has 1 unspecified atom stereocenters. The molecule has 1 aliphatic heterocycles. The standard InChI is InChI=1S/C28H20ClN3O4S/c1-36-19-10-7-18(8-11-19)26-21-12-9-17-4-2-3-5-20(17)25(21)30-28-31(26)27(33)24(37-28)15-16-6-13-22(29)23(14-16)32(34)35/h2-8,10-11,13-15,26H,9,12H2,1H3. The lowest BCUT2D eigenvalue weighted by Gasteiger charge is -2.30. The van der Waals surface area contributed by atoms with Crippen molar-refractivity contribution >= 4 is 40.4 Å². The van der Waals surface area contributed by atoms with Gasteiger partial charge in [-0.25, -0.2) is 4.99 Å². The molecule has 37 heavy (non-hydrogen) atoms. The van der Waals surface area contributed by atoms with Crippen LogP contribution in [-0.4, -0.2) is 16.6 Å². The molecule has 2 aliphatic rings. The number of nitro groups is 1. The summed E-state index contributed by atoms with van der Waals surface area (Å²) in [6, 6.07) is 20.2. The van der Waals surface area contributed by atoms with E-state index in [0.717, 1.165) is 41.0 Å². The first-order valence-electron chi connectivity index (χ1n) is 11.7. The number of halogens is 1. The van der Waals surface area contributed by atoms with Crippen LogP contribution in [0.5, 0.6) is 5.75 Å². The van der Waals surface area contributed by atoms with Gasteiger partial charge < -0.3 is 4.74 Å². The summed E-state index contributed by atoms with van der Waals surface area (Å²) in [6.45, 7) is 0. The van der Waals surface area contributed by atoms with Gasteiger partial charge in [0.25, 0.3) is 11.2 Å². The van der Waals surface area contributed by atoms with Gasteiger partial charge in [0.05, 0.1) is 28.3 Å². The molecule has 6 rings (SSSR count). The first kappa shape index (κ1) is 23.4. The minimum absolute atomic E-state index is 0.0504. The van der Waals surface area contributed by atoms with E-state index in [2.05, 4.69) is 12.1 Å². The maximum atomic E-state index is 13.8. The molecule has 2 heterocycles. The molecule has 1 aliphatic carbocycles. The van der Waals surface area contributed by atoms with Crippen LogP contribution in [0.4, 0.5) is 5.69 Å². The number of thiazole rings is 1. The third kappa shape index (κ3) is 3.98. The number of rotatable bonds is 4. The van der Waals surface area contributed by atoms with Crippen LogP contribution in [0.1, 0.15) is 34.7 Å². The molecule has 3 aromatic carbocycles. The Balaban J connectivity index is 1.59. The van der Waals surface area contributed by atoms with Gasteiger partial charge in [-0.2, -0.15) is 0 Å². The second-order valence-corrected chi connectivity index (χ2v) is 10.3. The smallest absolute Gasteiger partial charge is 0.288 e. The number of ether oxygens (including phenoxy) is 1. The van der Waals surface area contributed by atoms with Crippen molar-refractivity contribution in [3.05, 3.63) is 129 Å². The third-order valence-electron chi connectivity index (χ3n) is 6.77. The summed E-state index contributed by atoms with van der Waals surface area (Å²) in [5.41, 5.74) is 5.45. The van der Waals surface area contributed by atoms with Crippen LogP contribution >= 0.6 is 22.9 Å². The minimum atomic E-state index is -0.531. The molecule has 1 aromatic heterocycles. The maximum absolute atomic E-state index is 13.8. The van der Waals surface area contributed by atoms with Gasteiger partial charge in [0.1, 0.15) is 10.8 Å². The number of fused-ring (bicyclic) bond motifs is 3. The number of hydrogen-bond donors (Lipinski definition) is 0. The summed E-state index contributed by atoms with van der Waals surface area (Å²) < 4.78 is 7.54. The zero-order valence-corrected chi connectivity index (χ0v) is 21.3. The number of nitro benzene ring substituents is 1. The Labute approximate surface area is 220 Å². The van der Waals surface area contributed by atoms with Crippen molar-refractivity contribution in [2.75, 3.05) is 7.11 Å². The summed E-state index contributed by atoms with van der Waals surface area (Å²) in [5, 5.41) is 11.4. The van der Waals surface area contributed by atoms with Gasteiger partial charge in [-0.1, -0.05) is 65.4 Å². The summed E-state index contributed by atoms with van der Waals surface area (Å²) in [5.74, 6) is 0.740. The fourth-order valence-electron chi connectivity index (χ4n) is 5.02. The van der Waals surface area contributed by atoms with Crippen molar-refractivity contribution in [1.82, 2.24) is 4.57 Å². The molecule has 9 heteroatoms. The number of benzene rings is 3. The van der Waals surface area contributed by atoms with Crippen molar-refractivity contribution in [3.63, 3.8) is 0 Å². The van der Waals surface area contributed by atoms with Crippen LogP contribution in [0, 0.1) is 10.1 Å². The number of hydrogen-bond acceptors (Lipinski definition) is 6. The average molecular weight is 530 g/mol. The summed E-state index contributed by atoms with van der Waals surface area (Å²) >= 11 is 7.26. The molecule has 0 N–H and O–H groups in total. The van der Waals surface area contributed by atoms with E-state index in [1.165, 1.54) is 29.0 Å². The van der Waals surface area contributed by atoms with E-state index in [1.54, 1.807) is 23.8 Å². The highest BCUT2D eigenvalue weighted by Crippen LogP contribution is 2.41. The fourth-order valence-corrected chi connectivity index (χ4v) is 6.21. The molecule has 0 saturated heterocycles. The largest absolute Gasteiger partial charge is 0.497 e. The van der Waals surface area contributed by atoms with Crippen LogP contribution in [0.3, 0.4) is 0 Å². The first-order chi connectivity index (χ1) is 17.9. The molecule has 0 fully saturated rings. The Morgan fingerprint density at radius 2 is 1.92 bits per heavy atom. The molecule has 1 atom stereocenters. The molecule has 7 nitrogen and oxygen atoms in total. The first-order valence-corrected chi connectivity index (χ1v) is 12.8. The molecular formula is C28H20ClN3O4S. The lowest BCUT2D eigenvalue weighted by atomic mass is 9.83. The number of allylic oxidation sites excluding steroid dienone is 1. The Kier molecular flexibility index (Phi) is 5.78. The van der Waals surface area contributed by atoms with Gasteiger partial charge in [0.15, 0.2) is 4.80 Å². The number of methoxy groups -OCH3 is 1. The van der Waals surface area contributed by atoms with E-state index in [-0.39, 0.29) is 22.3 Å². The molecule has 0 saturated carbocycles. The van der Waals surface area contributed by atoms with E-state index in [9.17, 15) is 14.9 Å². The van der Waals surface area contributed by atoms with Crippen LogP contribution < -0.4 is 19.6 Å². The van der Waals surface area contributed by atoms with Crippen molar-refractivity contribution in [2.45, 2.75) is 18.9 Å². The number of aryl methyl sites for hydroxylation is 1. The monoisotopic (exact) mass is 529 g/mol. The minimum Gasteiger partial charge on any atom is -0.497 e. The van der Waals surface area contributed by atoms with Gasteiger partial charge in [0.2, 0.25) is 0 Å². The van der Waals surface area contributed by atoms with E-state index in [0.29, 0.717) is 14.9 Å². The van der Waals surface area contributed by atoms with Crippen LogP contribution in [-0.2, 0) is 6.42 Å². The second-order valence-electron chi connectivity index (χ2n) is 8.85. The molecule has 0 bridgehead atoms. The lowest BCUT2D eigenvalue weighted by Crippen LogP contribution is -2.38. The van der Waals surface area contributed by atoms with Crippen LogP contribution in [0.25, 0.3) is 11.8 Å². The second kappa shape index (κ2) is 9.14. The molecule has 0 radical (unpaired) electrons. The summed E-state index contributed by atoms with van der Waals surface area (Å²) in [7, 11) is 1.62. The normalized spacial score (nSPS) is 16.5. The highest BCUT2D eigenvalue weighted by molar-refractivity contribution is 7.07.